The Balaban J connectivity index is 2.19. The number of hydrogen-bond acceptors (Lipinski definition) is 3. The summed E-state index contributed by atoms with van der Waals surface area (Å²) >= 11 is 0. The number of amides is 1. The van der Waals surface area contributed by atoms with Crippen molar-refractivity contribution >= 4 is 16.8 Å². The lowest BCUT2D eigenvalue weighted by molar-refractivity contribution is -0.116. The smallest absolute Gasteiger partial charge is 0.247 e. The summed E-state index contributed by atoms with van der Waals surface area (Å²) in [7, 11) is 0. The minimum absolute atomic E-state index is 0.147. The quantitative estimate of drug-likeness (QED) is 0.177. The van der Waals surface area contributed by atoms with Crippen molar-refractivity contribution < 1.29 is 9.53 Å². The number of nitrogens with one attached hydrogen (secondary N) is 1. The van der Waals surface area contributed by atoms with Crippen LogP contribution in [0.15, 0.2) is 48.3 Å². The molecule has 168 valence electrons. The maximum absolute atomic E-state index is 12.4. The van der Waals surface area contributed by atoms with E-state index < -0.39 is 0 Å². The summed E-state index contributed by atoms with van der Waals surface area (Å²) in [4.78, 5) is 17.1. The molecule has 0 atom stereocenters. The van der Waals surface area contributed by atoms with E-state index in [1.807, 2.05) is 31.2 Å². The summed E-state index contributed by atoms with van der Waals surface area (Å²) in [5, 5.41) is 4.05. The highest BCUT2D eigenvalue weighted by molar-refractivity contribution is 5.88. The third kappa shape index (κ3) is 8.20. The van der Waals surface area contributed by atoms with Crippen LogP contribution in [-0.4, -0.2) is 17.4 Å². The molecule has 0 radical (unpaired) electrons. The molecule has 1 heterocycles. The van der Waals surface area contributed by atoms with Crippen LogP contribution in [0.5, 0.6) is 5.88 Å². The zero-order valence-corrected chi connectivity index (χ0v) is 19.8. The van der Waals surface area contributed by atoms with Crippen molar-refractivity contribution in [2.45, 2.75) is 73.1 Å². The Hall–Kier alpha value is -2.62. The van der Waals surface area contributed by atoms with Crippen molar-refractivity contribution in [2.24, 2.45) is 5.92 Å². The lowest BCUT2D eigenvalue weighted by atomic mass is 10.1. The summed E-state index contributed by atoms with van der Waals surface area (Å²) in [6, 6.07) is 8.05. The Morgan fingerprint density at radius 2 is 1.84 bits per heavy atom. The first-order valence-electron chi connectivity index (χ1n) is 11.6. The normalized spacial score (nSPS) is 12.1. The number of carbonyl (C=O) groups is 1. The molecule has 0 saturated carbocycles. The second-order valence-electron chi connectivity index (χ2n) is 8.58. The Morgan fingerprint density at radius 3 is 2.58 bits per heavy atom. The molecule has 4 heteroatoms. The van der Waals surface area contributed by atoms with Gasteiger partial charge in [0.2, 0.25) is 11.8 Å². The fourth-order valence-corrected chi connectivity index (χ4v) is 3.32. The lowest BCUT2D eigenvalue weighted by Crippen LogP contribution is -2.26. The predicted molar refractivity (Wildman–Crippen MR) is 130 cm³/mol. The molecule has 0 aliphatic heterocycles. The van der Waals surface area contributed by atoms with Gasteiger partial charge < -0.3 is 10.1 Å². The molecule has 0 fully saturated rings. The number of para-hydroxylation sites is 1. The molecular weight excluding hydrogens is 384 g/mol. The van der Waals surface area contributed by atoms with E-state index in [1.54, 1.807) is 0 Å². The van der Waals surface area contributed by atoms with Crippen LogP contribution in [0.1, 0.15) is 70.4 Å². The monoisotopic (exact) mass is 422 g/mol. The highest BCUT2D eigenvalue weighted by Gasteiger charge is 2.12. The van der Waals surface area contributed by atoms with Crippen molar-refractivity contribution in [3.63, 3.8) is 0 Å². The Labute approximate surface area is 187 Å². The number of fused-ring (bicyclic) bond motifs is 1. The molecule has 4 nitrogen and oxygen atoms in total. The number of allylic oxidation sites excluding steroid dienone is 2. The van der Waals surface area contributed by atoms with Gasteiger partial charge in [-0.15, -0.1) is 0 Å². The SMILES string of the molecule is CCCCCCC/C=C/C(=C\C(=O)NCC(C)C)Oc1nc2ccccc2c(C)c1C. The average Bonchev–Trinajstić information content (AvgIpc) is 2.75. The van der Waals surface area contributed by atoms with E-state index in [-0.39, 0.29) is 5.91 Å². The molecular formula is C27H38N2O2. The van der Waals surface area contributed by atoms with Crippen LogP contribution in [0.2, 0.25) is 0 Å². The Bertz CT molecular complexity index is 913. The third-order valence-corrected chi connectivity index (χ3v) is 5.34. The number of aromatic nitrogens is 1. The van der Waals surface area contributed by atoms with Crippen molar-refractivity contribution in [1.29, 1.82) is 0 Å². The highest BCUT2D eigenvalue weighted by Crippen LogP contribution is 2.28. The zero-order valence-electron chi connectivity index (χ0n) is 19.8. The van der Waals surface area contributed by atoms with Crippen molar-refractivity contribution in [2.75, 3.05) is 6.54 Å². The first-order chi connectivity index (χ1) is 14.9. The number of nitrogens with zero attached hydrogens (tertiary/aromatic N) is 1. The maximum atomic E-state index is 12.4. The van der Waals surface area contributed by atoms with Crippen molar-refractivity contribution in [3.8, 4) is 5.88 Å². The van der Waals surface area contributed by atoms with Gasteiger partial charge in [-0.3, -0.25) is 4.79 Å². The molecule has 2 rings (SSSR count). The van der Waals surface area contributed by atoms with E-state index in [4.69, 9.17) is 9.72 Å². The number of benzene rings is 1. The third-order valence-electron chi connectivity index (χ3n) is 5.34. The fraction of sp³-hybridized carbons (Fsp3) is 0.481. The Kier molecular flexibility index (Phi) is 10.3. The first-order valence-corrected chi connectivity index (χ1v) is 11.6. The van der Waals surface area contributed by atoms with E-state index in [2.05, 4.69) is 45.2 Å². The van der Waals surface area contributed by atoms with Crippen LogP contribution in [0.25, 0.3) is 10.9 Å². The highest BCUT2D eigenvalue weighted by atomic mass is 16.5. The van der Waals surface area contributed by atoms with Crippen LogP contribution < -0.4 is 10.1 Å². The van der Waals surface area contributed by atoms with Crippen molar-refractivity contribution in [1.82, 2.24) is 10.3 Å². The predicted octanol–water partition coefficient (Wildman–Crippen LogP) is 6.80. The van der Waals surface area contributed by atoms with Crippen LogP contribution in [-0.2, 0) is 4.79 Å². The minimum Gasteiger partial charge on any atom is -0.439 e. The van der Waals surface area contributed by atoms with Gasteiger partial charge in [-0.25, -0.2) is 4.98 Å². The van der Waals surface area contributed by atoms with Crippen LogP contribution in [0, 0.1) is 19.8 Å². The molecule has 1 N–H and O–H groups in total. The minimum atomic E-state index is -0.147. The molecule has 0 spiro atoms. The number of carbonyl (C=O) groups excluding carboxylic acids is 1. The first kappa shape index (κ1) is 24.6. The summed E-state index contributed by atoms with van der Waals surface area (Å²) in [6.45, 7) is 11.1. The van der Waals surface area contributed by atoms with Gasteiger partial charge in [0.25, 0.3) is 0 Å². The van der Waals surface area contributed by atoms with Crippen LogP contribution in [0.3, 0.4) is 0 Å². The molecule has 1 aromatic heterocycles. The second kappa shape index (κ2) is 12.9. The fourth-order valence-electron chi connectivity index (χ4n) is 3.32. The van der Waals surface area contributed by atoms with Crippen molar-refractivity contribution in [3.05, 3.63) is 59.4 Å². The van der Waals surface area contributed by atoms with Crippen LogP contribution in [0.4, 0.5) is 0 Å². The van der Waals surface area contributed by atoms with E-state index in [0.29, 0.717) is 24.1 Å². The molecule has 2 aromatic rings. The van der Waals surface area contributed by atoms with Gasteiger partial charge in [0.05, 0.1) is 5.52 Å². The number of unbranched alkanes of at least 4 members (excludes halogenated alkanes) is 5. The van der Waals surface area contributed by atoms with Gasteiger partial charge >= 0.3 is 0 Å². The molecule has 0 unspecified atom stereocenters. The average molecular weight is 423 g/mol. The molecule has 0 saturated heterocycles. The maximum Gasteiger partial charge on any atom is 0.247 e. The summed E-state index contributed by atoms with van der Waals surface area (Å²) in [6.07, 6.45) is 12.7. The van der Waals surface area contributed by atoms with E-state index in [1.165, 1.54) is 31.8 Å². The lowest BCUT2D eigenvalue weighted by Gasteiger charge is -2.13. The van der Waals surface area contributed by atoms with E-state index in [9.17, 15) is 4.79 Å². The standard InChI is InChI=1S/C27H38N2O2/c1-6-7-8-9-10-11-12-15-23(18-26(30)28-19-20(2)3)31-27-22(5)21(4)24-16-13-14-17-25(24)29-27/h12-18,20H,6-11,19H2,1-5H3,(H,28,30)/b15-12+,23-18+. The van der Waals surface area contributed by atoms with Gasteiger partial charge in [-0.1, -0.05) is 70.7 Å². The summed E-state index contributed by atoms with van der Waals surface area (Å²) in [5.41, 5.74) is 3.02. The largest absolute Gasteiger partial charge is 0.439 e. The van der Waals surface area contributed by atoms with E-state index in [0.717, 1.165) is 34.9 Å². The molecule has 0 bridgehead atoms. The summed E-state index contributed by atoms with van der Waals surface area (Å²) < 4.78 is 6.16. The number of aryl methyl sites for hydroxylation is 1. The van der Waals surface area contributed by atoms with Gasteiger partial charge in [-0.05, 0) is 50.3 Å². The van der Waals surface area contributed by atoms with Gasteiger partial charge in [0, 0.05) is 23.6 Å². The molecule has 1 aromatic carbocycles. The molecule has 1 amide bonds. The van der Waals surface area contributed by atoms with Gasteiger partial charge in [0.15, 0.2) is 0 Å². The number of rotatable bonds is 12. The van der Waals surface area contributed by atoms with E-state index >= 15 is 0 Å². The van der Waals surface area contributed by atoms with Gasteiger partial charge in [0.1, 0.15) is 5.76 Å². The summed E-state index contributed by atoms with van der Waals surface area (Å²) in [5.74, 6) is 1.31. The molecule has 0 aliphatic rings. The second-order valence-corrected chi connectivity index (χ2v) is 8.58. The molecule has 31 heavy (non-hydrogen) atoms. The topological polar surface area (TPSA) is 51.2 Å². The Morgan fingerprint density at radius 1 is 1.10 bits per heavy atom. The van der Waals surface area contributed by atoms with Gasteiger partial charge in [-0.2, -0.15) is 0 Å². The number of hydrogen-bond donors (Lipinski definition) is 1. The van der Waals surface area contributed by atoms with Crippen LogP contribution >= 0.6 is 0 Å². The number of ether oxygens (including phenoxy) is 1. The molecule has 0 aliphatic carbocycles. The number of pyridine rings is 1. The zero-order chi connectivity index (χ0) is 22.6.